The second-order valence-corrected chi connectivity index (χ2v) is 6.61. The summed E-state index contributed by atoms with van der Waals surface area (Å²) in [6.07, 6.45) is 2.96. The second kappa shape index (κ2) is 6.32. The zero-order valence-electron chi connectivity index (χ0n) is 12.8. The van der Waals surface area contributed by atoms with Gasteiger partial charge in [-0.2, -0.15) is 0 Å². The van der Waals surface area contributed by atoms with Crippen molar-refractivity contribution in [1.29, 1.82) is 0 Å². The number of nitrogens with zero attached hydrogens (tertiary/aromatic N) is 1. The van der Waals surface area contributed by atoms with Crippen LogP contribution in [0.1, 0.15) is 17.3 Å². The molecular weight excluding hydrogens is 330 g/mol. The molecule has 8 heteroatoms. The molecule has 0 unspecified atom stereocenters. The minimum Gasteiger partial charge on any atom is -0.462 e. The molecule has 0 radical (unpaired) electrons. The number of benzene rings is 1. The van der Waals surface area contributed by atoms with Crippen molar-refractivity contribution in [2.45, 2.75) is 11.8 Å². The van der Waals surface area contributed by atoms with Crippen molar-refractivity contribution < 1.29 is 17.9 Å². The fourth-order valence-electron chi connectivity index (χ4n) is 2.29. The number of nitrogens with one attached hydrogen (secondary N) is 2. The van der Waals surface area contributed by atoms with Crippen LogP contribution in [0.15, 0.2) is 53.7 Å². The molecule has 2 aromatic heterocycles. The van der Waals surface area contributed by atoms with E-state index in [4.69, 9.17) is 4.74 Å². The Bertz CT molecular complexity index is 995. The number of aromatic amines is 1. The van der Waals surface area contributed by atoms with Gasteiger partial charge in [-0.15, -0.1) is 0 Å². The SMILES string of the molecule is CCOC(=O)c1cccc(NS(=O)(=O)c2c[nH]c3ncccc23)c1. The lowest BCUT2D eigenvalue weighted by atomic mass is 10.2. The Morgan fingerprint density at radius 1 is 1.29 bits per heavy atom. The van der Waals surface area contributed by atoms with Gasteiger partial charge in [0, 0.05) is 23.5 Å². The van der Waals surface area contributed by atoms with Crippen molar-refractivity contribution in [3.8, 4) is 0 Å². The van der Waals surface area contributed by atoms with E-state index in [0.717, 1.165) is 0 Å². The highest BCUT2D eigenvalue weighted by atomic mass is 32.2. The van der Waals surface area contributed by atoms with E-state index in [2.05, 4.69) is 14.7 Å². The van der Waals surface area contributed by atoms with Crippen LogP contribution in [0.5, 0.6) is 0 Å². The Kier molecular flexibility index (Phi) is 4.22. The van der Waals surface area contributed by atoms with Crippen molar-refractivity contribution >= 4 is 32.7 Å². The fourth-order valence-corrected chi connectivity index (χ4v) is 3.50. The Morgan fingerprint density at radius 3 is 2.92 bits per heavy atom. The molecule has 1 aromatic carbocycles. The monoisotopic (exact) mass is 345 g/mol. The van der Waals surface area contributed by atoms with Crippen molar-refractivity contribution in [1.82, 2.24) is 9.97 Å². The minimum absolute atomic E-state index is 0.0899. The number of esters is 1. The largest absolute Gasteiger partial charge is 0.462 e. The van der Waals surface area contributed by atoms with Crippen molar-refractivity contribution in [2.24, 2.45) is 0 Å². The molecule has 7 nitrogen and oxygen atoms in total. The second-order valence-electron chi connectivity index (χ2n) is 4.96. The highest BCUT2D eigenvalue weighted by molar-refractivity contribution is 7.93. The summed E-state index contributed by atoms with van der Waals surface area (Å²) < 4.78 is 32.6. The molecule has 0 aliphatic carbocycles. The summed E-state index contributed by atoms with van der Waals surface area (Å²) in [5.74, 6) is -0.505. The van der Waals surface area contributed by atoms with Crippen LogP contribution < -0.4 is 4.72 Å². The Morgan fingerprint density at radius 2 is 2.12 bits per heavy atom. The molecule has 0 saturated heterocycles. The van der Waals surface area contributed by atoms with Gasteiger partial charge in [0.2, 0.25) is 0 Å². The van der Waals surface area contributed by atoms with E-state index >= 15 is 0 Å². The first kappa shape index (κ1) is 16.0. The average Bonchev–Trinajstić information content (AvgIpc) is 3.00. The molecule has 0 saturated carbocycles. The first-order valence-electron chi connectivity index (χ1n) is 7.23. The number of carbonyl (C=O) groups is 1. The number of carbonyl (C=O) groups excluding carboxylic acids is 1. The molecule has 0 fully saturated rings. The summed E-state index contributed by atoms with van der Waals surface area (Å²) in [6.45, 7) is 1.95. The molecule has 0 aliphatic heterocycles. The van der Waals surface area contributed by atoms with Crippen LogP contribution in [0.25, 0.3) is 11.0 Å². The predicted octanol–water partition coefficient (Wildman–Crippen LogP) is 2.54. The maximum Gasteiger partial charge on any atom is 0.338 e. The van der Waals surface area contributed by atoms with E-state index in [1.165, 1.54) is 12.3 Å². The maximum absolute atomic E-state index is 12.6. The van der Waals surface area contributed by atoms with Gasteiger partial charge in [0.05, 0.1) is 12.2 Å². The van der Waals surface area contributed by atoms with Gasteiger partial charge in [-0.3, -0.25) is 4.72 Å². The lowest BCUT2D eigenvalue weighted by Gasteiger charge is -2.08. The van der Waals surface area contributed by atoms with E-state index in [-0.39, 0.29) is 22.8 Å². The lowest BCUT2D eigenvalue weighted by Crippen LogP contribution is -2.13. The van der Waals surface area contributed by atoms with E-state index in [1.54, 1.807) is 43.5 Å². The fraction of sp³-hybridized carbons (Fsp3) is 0.125. The third kappa shape index (κ3) is 3.09. The number of fused-ring (bicyclic) bond motifs is 1. The van der Waals surface area contributed by atoms with Crippen LogP contribution >= 0.6 is 0 Å². The molecule has 0 atom stereocenters. The van der Waals surface area contributed by atoms with E-state index < -0.39 is 16.0 Å². The average molecular weight is 345 g/mol. The molecule has 0 aliphatic rings. The molecule has 0 spiro atoms. The number of H-pyrrole nitrogens is 1. The Balaban J connectivity index is 1.93. The standard InChI is InChI=1S/C16H15N3O4S/c1-2-23-16(20)11-5-3-6-12(9-11)19-24(21,22)14-10-18-15-13(14)7-4-8-17-15/h3-10,19H,2H2,1H3,(H,17,18). The normalized spacial score (nSPS) is 11.4. The lowest BCUT2D eigenvalue weighted by molar-refractivity contribution is 0.0526. The summed E-state index contributed by atoms with van der Waals surface area (Å²) in [5, 5.41) is 0.492. The molecule has 124 valence electrons. The third-order valence-corrected chi connectivity index (χ3v) is 4.75. The first-order valence-corrected chi connectivity index (χ1v) is 8.71. The first-order chi connectivity index (χ1) is 11.5. The Labute approximate surface area is 138 Å². The van der Waals surface area contributed by atoms with Gasteiger partial charge in [-0.1, -0.05) is 6.07 Å². The van der Waals surface area contributed by atoms with Gasteiger partial charge in [-0.25, -0.2) is 18.2 Å². The number of rotatable bonds is 5. The number of pyridine rings is 1. The number of anilines is 1. The number of aromatic nitrogens is 2. The summed E-state index contributed by atoms with van der Waals surface area (Å²) in [4.78, 5) is 18.7. The predicted molar refractivity (Wildman–Crippen MR) is 89.3 cm³/mol. The molecule has 24 heavy (non-hydrogen) atoms. The Hall–Kier alpha value is -2.87. The van der Waals surface area contributed by atoms with Gasteiger partial charge in [0.15, 0.2) is 0 Å². The molecule has 0 amide bonds. The van der Waals surface area contributed by atoms with Gasteiger partial charge < -0.3 is 9.72 Å². The molecule has 3 rings (SSSR count). The molecule has 2 N–H and O–H groups in total. The molecule has 0 bridgehead atoms. The smallest absolute Gasteiger partial charge is 0.338 e. The van der Waals surface area contributed by atoms with Crippen LogP contribution in [0.2, 0.25) is 0 Å². The summed E-state index contributed by atoms with van der Waals surface area (Å²) >= 11 is 0. The van der Waals surface area contributed by atoms with Crippen molar-refractivity contribution in [3.63, 3.8) is 0 Å². The summed E-state index contributed by atoms with van der Waals surface area (Å²) in [5.41, 5.74) is 1.04. The van der Waals surface area contributed by atoms with Crippen LogP contribution in [-0.4, -0.2) is 31.0 Å². The van der Waals surface area contributed by atoms with Crippen LogP contribution in [0.3, 0.4) is 0 Å². The minimum atomic E-state index is -3.82. The molecule has 2 heterocycles. The summed E-state index contributed by atoms with van der Waals surface area (Å²) in [6, 6.07) is 9.47. The van der Waals surface area contributed by atoms with E-state index in [1.807, 2.05) is 0 Å². The topological polar surface area (TPSA) is 101 Å². The zero-order valence-corrected chi connectivity index (χ0v) is 13.6. The summed E-state index contributed by atoms with van der Waals surface area (Å²) in [7, 11) is -3.82. The number of hydrogen-bond donors (Lipinski definition) is 2. The molecule has 3 aromatic rings. The van der Waals surface area contributed by atoms with Gasteiger partial charge >= 0.3 is 5.97 Å². The molecular formula is C16H15N3O4S. The van der Waals surface area contributed by atoms with Crippen molar-refractivity contribution in [2.75, 3.05) is 11.3 Å². The number of ether oxygens (including phenoxy) is 1. The van der Waals surface area contributed by atoms with Crippen LogP contribution in [0, 0.1) is 0 Å². The van der Waals surface area contributed by atoms with Gasteiger partial charge in [0.25, 0.3) is 10.0 Å². The van der Waals surface area contributed by atoms with E-state index in [9.17, 15) is 13.2 Å². The highest BCUT2D eigenvalue weighted by Crippen LogP contribution is 2.23. The van der Waals surface area contributed by atoms with Gasteiger partial charge in [-0.05, 0) is 37.3 Å². The maximum atomic E-state index is 12.6. The van der Waals surface area contributed by atoms with Crippen LogP contribution in [0.4, 0.5) is 5.69 Å². The van der Waals surface area contributed by atoms with E-state index in [0.29, 0.717) is 11.0 Å². The third-order valence-electron chi connectivity index (χ3n) is 3.33. The van der Waals surface area contributed by atoms with Crippen molar-refractivity contribution in [3.05, 3.63) is 54.4 Å². The number of sulfonamides is 1. The number of hydrogen-bond acceptors (Lipinski definition) is 5. The van der Waals surface area contributed by atoms with Gasteiger partial charge in [0.1, 0.15) is 10.5 Å². The zero-order chi connectivity index (χ0) is 17.2. The highest BCUT2D eigenvalue weighted by Gasteiger charge is 2.20. The van der Waals surface area contributed by atoms with Crippen LogP contribution in [-0.2, 0) is 14.8 Å². The quantitative estimate of drug-likeness (QED) is 0.692.